The lowest BCUT2D eigenvalue weighted by Crippen LogP contribution is -2.26. The van der Waals surface area contributed by atoms with E-state index < -0.39 is 23.7 Å². The summed E-state index contributed by atoms with van der Waals surface area (Å²) in [6.07, 6.45) is 4.92. The fourth-order valence-corrected chi connectivity index (χ4v) is 2.96. The van der Waals surface area contributed by atoms with E-state index in [1.807, 2.05) is 45.0 Å². The quantitative estimate of drug-likeness (QED) is 0.766. The minimum atomic E-state index is -0.921. The van der Waals surface area contributed by atoms with Crippen LogP contribution in [0.25, 0.3) is 10.9 Å². The molecule has 6 nitrogen and oxygen atoms in total. The number of carboxylic acids is 1. The Labute approximate surface area is 151 Å². The summed E-state index contributed by atoms with van der Waals surface area (Å²) in [5.41, 5.74) is 0.873. The van der Waals surface area contributed by atoms with Gasteiger partial charge in [-0.05, 0) is 44.5 Å². The SMILES string of the molecule is CC(C)(C)OC(=O)n1cc(C[C@@H](C(=O)O)n2cccc2)c2ccccc21. The van der Waals surface area contributed by atoms with Gasteiger partial charge in [0.1, 0.15) is 11.6 Å². The molecule has 26 heavy (non-hydrogen) atoms. The van der Waals surface area contributed by atoms with E-state index in [0.29, 0.717) is 5.52 Å². The Balaban J connectivity index is 2.01. The number of aliphatic carboxylic acids is 1. The monoisotopic (exact) mass is 354 g/mol. The third kappa shape index (κ3) is 3.64. The zero-order valence-electron chi connectivity index (χ0n) is 15.0. The second-order valence-corrected chi connectivity index (χ2v) is 7.21. The fraction of sp³-hybridized carbons (Fsp3) is 0.300. The maximum absolute atomic E-state index is 12.6. The molecule has 6 heteroatoms. The standard InChI is InChI=1S/C20H22N2O4/c1-20(2,3)26-19(25)22-13-14(15-8-4-5-9-16(15)22)12-17(18(23)24)21-10-6-7-11-21/h4-11,13,17H,12H2,1-3H3,(H,23,24)/t17-/m0/s1. The van der Waals surface area contributed by atoms with Crippen LogP contribution in [0.4, 0.5) is 4.79 Å². The van der Waals surface area contributed by atoms with Gasteiger partial charge in [0.2, 0.25) is 0 Å². The Bertz CT molecular complexity index is 933. The molecule has 0 saturated carbocycles. The molecule has 0 radical (unpaired) electrons. The van der Waals surface area contributed by atoms with Crippen LogP contribution < -0.4 is 0 Å². The van der Waals surface area contributed by atoms with Gasteiger partial charge in [0.15, 0.2) is 0 Å². The van der Waals surface area contributed by atoms with Crippen LogP contribution >= 0.6 is 0 Å². The maximum Gasteiger partial charge on any atom is 0.419 e. The van der Waals surface area contributed by atoms with Crippen LogP contribution in [0.2, 0.25) is 0 Å². The molecule has 3 rings (SSSR count). The summed E-state index contributed by atoms with van der Waals surface area (Å²) < 4.78 is 8.58. The van der Waals surface area contributed by atoms with Gasteiger partial charge in [0, 0.05) is 30.4 Å². The second-order valence-electron chi connectivity index (χ2n) is 7.21. The zero-order valence-corrected chi connectivity index (χ0v) is 15.0. The van der Waals surface area contributed by atoms with E-state index >= 15 is 0 Å². The highest BCUT2D eigenvalue weighted by atomic mass is 16.6. The highest BCUT2D eigenvalue weighted by Gasteiger charge is 2.24. The van der Waals surface area contributed by atoms with E-state index in [1.54, 1.807) is 35.3 Å². The molecule has 1 aromatic carbocycles. The molecule has 0 aliphatic heterocycles. The highest BCUT2D eigenvalue weighted by Crippen LogP contribution is 2.26. The molecule has 0 saturated heterocycles. The molecular formula is C20H22N2O4. The van der Waals surface area contributed by atoms with Crippen molar-refractivity contribution in [2.75, 3.05) is 0 Å². The van der Waals surface area contributed by atoms with E-state index in [-0.39, 0.29) is 6.42 Å². The lowest BCUT2D eigenvalue weighted by atomic mass is 10.1. The van der Waals surface area contributed by atoms with Crippen LogP contribution in [0.3, 0.4) is 0 Å². The Morgan fingerprint density at radius 2 is 1.77 bits per heavy atom. The van der Waals surface area contributed by atoms with Crippen LogP contribution in [0.15, 0.2) is 55.0 Å². The number of nitrogens with zero attached hydrogens (tertiary/aromatic N) is 2. The maximum atomic E-state index is 12.6. The van der Waals surface area contributed by atoms with Crippen LogP contribution in [0, 0.1) is 0 Å². The molecule has 0 amide bonds. The minimum Gasteiger partial charge on any atom is -0.480 e. The average Bonchev–Trinajstić information content (AvgIpc) is 3.19. The van der Waals surface area contributed by atoms with E-state index in [0.717, 1.165) is 10.9 Å². The predicted molar refractivity (Wildman–Crippen MR) is 98.4 cm³/mol. The van der Waals surface area contributed by atoms with Gasteiger partial charge in [-0.1, -0.05) is 18.2 Å². The van der Waals surface area contributed by atoms with Gasteiger partial charge in [-0.3, -0.25) is 4.57 Å². The highest BCUT2D eigenvalue weighted by molar-refractivity contribution is 5.92. The first-order chi connectivity index (χ1) is 12.3. The second kappa shape index (κ2) is 6.71. The van der Waals surface area contributed by atoms with Gasteiger partial charge < -0.3 is 14.4 Å². The van der Waals surface area contributed by atoms with Crippen molar-refractivity contribution < 1.29 is 19.4 Å². The number of fused-ring (bicyclic) bond motifs is 1. The first-order valence-electron chi connectivity index (χ1n) is 8.44. The first-order valence-corrected chi connectivity index (χ1v) is 8.44. The summed E-state index contributed by atoms with van der Waals surface area (Å²) in [6, 6.07) is 10.3. The Kier molecular flexibility index (Phi) is 4.59. The van der Waals surface area contributed by atoms with Crippen molar-refractivity contribution in [3.05, 3.63) is 60.6 Å². The summed E-state index contributed by atoms with van der Waals surface area (Å²) >= 11 is 0. The Morgan fingerprint density at radius 3 is 2.38 bits per heavy atom. The molecular weight excluding hydrogens is 332 g/mol. The summed E-state index contributed by atoms with van der Waals surface area (Å²) in [7, 11) is 0. The number of benzene rings is 1. The summed E-state index contributed by atoms with van der Waals surface area (Å²) in [5.74, 6) is -0.921. The number of hydrogen-bond donors (Lipinski definition) is 1. The van der Waals surface area contributed by atoms with Crippen molar-refractivity contribution in [3.8, 4) is 0 Å². The normalized spacial score (nSPS) is 12.9. The van der Waals surface area contributed by atoms with E-state index in [1.165, 1.54) is 4.57 Å². The summed E-state index contributed by atoms with van der Waals surface area (Å²) in [6.45, 7) is 5.43. The molecule has 2 aromatic heterocycles. The molecule has 1 N–H and O–H groups in total. The largest absolute Gasteiger partial charge is 0.480 e. The summed E-state index contributed by atoms with van der Waals surface area (Å²) in [5, 5.41) is 10.5. The van der Waals surface area contributed by atoms with Gasteiger partial charge >= 0.3 is 12.1 Å². The van der Waals surface area contributed by atoms with Gasteiger partial charge in [-0.25, -0.2) is 9.59 Å². The predicted octanol–water partition coefficient (Wildman–Crippen LogP) is 4.09. The smallest absolute Gasteiger partial charge is 0.419 e. The van der Waals surface area contributed by atoms with Crippen molar-refractivity contribution in [2.45, 2.75) is 38.8 Å². The zero-order chi connectivity index (χ0) is 18.9. The number of aromatic nitrogens is 2. The van der Waals surface area contributed by atoms with Crippen LogP contribution in [0.5, 0.6) is 0 Å². The number of rotatable bonds is 4. The van der Waals surface area contributed by atoms with Crippen molar-refractivity contribution in [2.24, 2.45) is 0 Å². The molecule has 0 spiro atoms. The van der Waals surface area contributed by atoms with Gasteiger partial charge in [0.25, 0.3) is 0 Å². The van der Waals surface area contributed by atoms with Gasteiger partial charge in [-0.2, -0.15) is 0 Å². The third-order valence-electron chi connectivity index (χ3n) is 4.07. The molecule has 3 aromatic rings. The van der Waals surface area contributed by atoms with Gasteiger partial charge in [0.05, 0.1) is 5.52 Å². The number of hydrogen-bond acceptors (Lipinski definition) is 3. The molecule has 136 valence electrons. The molecule has 1 atom stereocenters. The molecule has 0 fully saturated rings. The average molecular weight is 354 g/mol. The van der Waals surface area contributed by atoms with E-state index in [9.17, 15) is 14.7 Å². The van der Waals surface area contributed by atoms with Crippen LogP contribution in [-0.2, 0) is 16.0 Å². The molecule has 0 unspecified atom stereocenters. The lowest BCUT2D eigenvalue weighted by Gasteiger charge is -2.19. The van der Waals surface area contributed by atoms with Gasteiger partial charge in [-0.15, -0.1) is 0 Å². The van der Waals surface area contributed by atoms with Crippen molar-refractivity contribution in [1.82, 2.24) is 9.13 Å². The molecule has 2 heterocycles. The topological polar surface area (TPSA) is 73.5 Å². The molecule has 0 bridgehead atoms. The number of para-hydroxylation sites is 1. The number of carbonyl (C=O) groups is 2. The lowest BCUT2D eigenvalue weighted by molar-refractivity contribution is -0.140. The first kappa shape index (κ1) is 17.8. The Morgan fingerprint density at radius 1 is 1.12 bits per heavy atom. The van der Waals surface area contributed by atoms with Crippen molar-refractivity contribution in [3.63, 3.8) is 0 Å². The number of carboxylic acid groups (broad SMARTS) is 1. The third-order valence-corrected chi connectivity index (χ3v) is 4.07. The van der Waals surface area contributed by atoms with Crippen molar-refractivity contribution >= 4 is 23.0 Å². The number of carbonyl (C=O) groups excluding carboxylic acids is 1. The van der Waals surface area contributed by atoms with E-state index in [2.05, 4.69) is 0 Å². The molecule has 0 aliphatic rings. The van der Waals surface area contributed by atoms with Crippen LogP contribution in [-0.4, -0.2) is 31.9 Å². The van der Waals surface area contributed by atoms with Crippen LogP contribution in [0.1, 0.15) is 32.4 Å². The van der Waals surface area contributed by atoms with Crippen molar-refractivity contribution in [1.29, 1.82) is 0 Å². The number of ether oxygens (including phenoxy) is 1. The summed E-state index contributed by atoms with van der Waals surface area (Å²) in [4.78, 5) is 24.3. The van der Waals surface area contributed by atoms with E-state index in [4.69, 9.17) is 4.74 Å². The Hall–Kier alpha value is -3.02. The minimum absolute atomic E-state index is 0.264. The fourth-order valence-electron chi connectivity index (χ4n) is 2.96. The molecule has 0 aliphatic carbocycles.